The van der Waals surface area contributed by atoms with Crippen LogP contribution in [0.15, 0.2) is 77.7 Å². The summed E-state index contributed by atoms with van der Waals surface area (Å²) in [5, 5.41) is 7.47. The molecule has 0 fully saturated rings. The van der Waals surface area contributed by atoms with E-state index in [1.807, 2.05) is 72.8 Å². The minimum Gasteiger partial charge on any atom is -0.341 e. The van der Waals surface area contributed by atoms with Crippen LogP contribution in [0, 0.1) is 0 Å². The van der Waals surface area contributed by atoms with Crippen LogP contribution in [0.5, 0.6) is 0 Å². The SMILES string of the molecule is CNC(=O)NCc1ccccc1-c1ccc(CN2Cc3ccccc3S[C@@H](NC(=O)C(C)(C)N)C2=O)cc1. The van der Waals surface area contributed by atoms with Gasteiger partial charge in [0.2, 0.25) is 5.91 Å². The Bertz CT molecular complexity index is 1320. The minimum absolute atomic E-state index is 0.168. The molecule has 3 aromatic rings. The molecule has 1 aliphatic heterocycles. The predicted octanol–water partition coefficient (Wildman–Crippen LogP) is 3.60. The highest BCUT2D eigenvalue weighted by atomic mass is 32.2. The van der Waals surface area contributed by atoms with Gasteiger partial charge in [0.05, 0.1) is 5.54 Å². The molecule has 0 saturated heterocycles. The van der Waals surface area contributed by atoms with Gasteiger partial charge in [-0.15, -0.1) is 0 Å². The molecule has 1 heterocycles. The molecule has 1 aliphatic rings. The van der Waals surface area contributed by atoms with Crippen LogP contribution in [0.2, 0.25) is 0 Å². The van der Waals surface area contributed by atoms with E-state index < -0.39 is 10.9 Å². The van der Waals surface area contributed by atoms with Crippen LogP contribution < -0.4 is 21.7 Å². The Kier molecular flexibility index (Phi) is 8.38. The fraction of sp³-hybridized carbons (Fsp3) is 0.276. The van der Waals surface area contributed by atoms with E-state index >= 15 is 0 Å². The maximum atomic E-state index is 13.6. The number of benzene rings is 3. The lowest BCUT2D eigenvalue weighted by Gasteiger charge is -2.27. The standard InChI is InChI=1S/C29H33N5O3S/c1-29(2,30)27(36)33-25-26(35)34(18-22-9-5-7-11-24(22)38-25)17-19-12-14-20(15-13-19)23-10-6-4-8-21(23)16-32-28(37)31-3/h4-15,25H,16-18,30H2,1-3H3,(H,33,36)(H2,31,32,37)/t25-/m1/s1. The van der Waals surface area contributed by atoms with Crippen molar-refractivity contribution in [3.63, 3.8) is 0 Å². The Labute approximate surface area is 227 Å². The first-order valence-electron chi connectivity index (χ1n) is 12.4. The number of hydrogen-bond donors (Lipinski definition) is 4. The van der Waals surface area contributed by atoms with E-state index in [-0.39, 0.29) is 17.8 Å². The Morgan fingerprint density at radius 3 is 2.42 bits per heavy atom. The molecule has 8 nitrogen and oxygen atoms in total. The van der Waals surface area contributed by atoms with Gasteiger partial charge in [-0.05, 0) is 47.7 Å². The second-order valence-electron chi connectivity index (χ2n) is 9.78. The predicted molar refractivity (Wildman–Crippen MR) is 150 cm³/mol. The summed E-state index contributed by atoms with van der Waals surface area (Å²) >= 11 is 1.34. The number of fused-ring (bicyclic) bond motifs is 1. The van der Waals surface area contributed by atoms with Gasteiger partial charge in [-0.3, -0.25) is 9.59 Å². The average Bonchev–Trinajstić information content (AvgIpc) is 3.03. The molecular weight excluding hydrogens is 498 g/mol. The van der Waals surface area contributed by atoms with E-state index in [1.54, 1.807) is 25.8 Å². The summed E-state index contributed by atoms with van der Waals surface area (Å²) < 4.78 is 0. The van der Waals surface area contributed by atoms with Crippen LogP contribution in [-0.4, -0.2) is 40.7 Å². The molecule has 4 amide bonds. The van der Waals surface area contributed by atoms with E-state index in [4.69, 9.17) is 5.73 Å². The Morgan fingerprint density at radius 1 is 1.03 bits per heavy atom. The van der Waals surface area contributed by atoms with Gasteiger partial charge in [-0.1, -0.05) is 78.5 Å². The quantitative estimate of drug-likeness (QED) is 0.372. The van der Waals surface area contributed by atoms with E-state index in [0.29, 0.717) is 19.6 Å². The molecule has 5 N–H and O–H groups in total. The highest BCUT2D eigenvalue weighted by molar-refractivity contribution is 8.00. The molecule has 1 atom stereocenters. The zero-order valence-corrected chi connectivity index (χ0v) is 22.6. The zero-order chi connectivity index (χ0) is 27.3. The summed E-state index contributed by atoms with van der Waals surface area (Å²) in [5.41, 5.74) is 9.92. The Hall–Kier alpha value is -3.82. The lowest BCUT2D eigenvalue weighted by molar-refractivity contribution is -0.135. The number of nitrogens with two attached hydrogens (primary N) is 1. The summed E-state index contributed by atoms with van der Waals surface area (Å²) in [5.74, 6) is -0.546. The van der Waals surface area contributed by atoms with Crippen LogP contribution in [0.3, 0.4) is 0 Å². The van der Waals surface area contributed by atoms with Gasteiger partial charge >= 0.3 is 6.03 Å². The summed E-state index contributed by atoms with van der Waals surface area (Å²) in [6, 6.07) is 23.6. The molecule has 198 valence electrons. The largest absolute Gasteiger partial charge is 0.341 e. The van der Waals surface area contributed by atoms with Crippen molar-refractivity contribution in [3.05, 3.63) is 89.5 Å². The first-order chi connectivity index (χ1) is 18.2. The van der Waals surface area contributed by atoms with Crippen molar-refractivity contribution in [1.82, 2.24) is 20.9 Å². The molecule has 3 aromatic carbocycles. The molecular formula is C29H33N5O3S. The van der Waals surface area contributed by atoms with Crippen LogP contribution in [-0.2, 0) is 29.2 Å². The van der Waals surface area contributed by atoms with Gasteiger partial charge in [0.15, 0.2) is 5.37 Å². The van der Waals surface area contributed by atoms with Gasteiger partial charge in [-0.2, -0.15) is 0 Å². The van der Waals surface area contributed by atoms with Gasteiger partial charge in [0, 0.05) is 31.6 Å². The van der Waals surface area contributed by atoms with Crippen molar-refractivity contribution in [2.75, 3.05) is 7.05 Å². The van der Waals surface area contributed by atoms with Crippen LogP contribution >= 0.6 is 11.8 Å². The molecule has 0 aromatic heterocycles. The van der Waals surface area contributed by atoms with Crippen LogP contribution in [0.4, 0.5) is 4.79 Å². The minimum atomic E-state index is -1.10. The summed E-state index contributed by atoms with van der Waals surface area (Å²) in [6.07, 6.45) is 0. The first kappa shape index (κ1) is 27.2. The fourth-order valence-corrected chi connectivity index (χ4v) is 5.25. The number of carbonyl (C=O) groups is 3. The molecule has 9 heteroatoms. The summed E-state index contributed by atoms with van der Waals surface area (Å²) in [7, 11) is 1.58. The maximum Gasteiger partial charge on any atom is 0.314 e. The Balaban J connectivity index is 1.55. The normalized spacial score (nSPS) is 15.3. The fourth-order valence-electron chi connectivity index (χ4n) is 4.14. The third kappa shape index (κ3) is 6.54. The topological polar surface area (TPSA) is 117 Å². The van der Waals surface area contributed by atoms with Gasteiger partial charge < -0.3 is 26.6 Å². The smallest absolute Gasteiger partial charge is 0.314 e. The maximum absolute atomic E-state index is 13.6. The molecule has 38 heavy (non-hydrogen) atoms. The lowest BCUT2D eigenvalue weighted by atomic mass is 9.98. The third-order valence-corrected chi connectivity index (χ3v) is 7.49. The number of carbonyl (C=O) groups excluding carboxylic acids is 3. The molecule has 0 aliphatic carbocycles. The second kappa shape index (κ2) is 11.7. The highest BCUT2D eigenvalue weighted by Gasteiger charge is 2.34. The number of amides is 4. The number of nitrogens with one attached hydrogen (secondary N) is 3. The second-order valence-corrected chi connectivity index (χ2v) is 10.9. The monoisotopic (exact) mass is 531 g/mol. The van der Waals surface area contributed by atoms with Crippen molar-refractivity contribution in [2.45, 2.75) is 49.3 Å². The third-order valence-electron chi connectivity index (χ3n) is 6.28. The average molecular weight is 532 g/mol. The molecule has 0 spiro atoms. The molecule has 0 unspecified atom stereocenters. The van der Waals surface area contributed by atoms with Crippen molar-refractivity contribution in [3.8, 4) is 11.1 Å². The molecule has 0 saturated carbocycles. The van der Waals surface area contributed by atoms with E-state index in [2.05, 4.69) is 16.0 Å². The summed E-state index contributed by atoms with van der Waals surface area (Å²) in [6.45, 7) is 4.48. The zero-order valence-electron chi connectivity index (χ0n) is 21.8. The number of thioether (sulfide) groups is 1. The van der Waals surface area contributed by atoms with Gasteiger partial charge in [0.25, 0.3) is 5.91 Å². The lowest BCUT2D eigenvalue weighted by Crippen LogP contribution is -2.54. The highest BCUT2D eigenvalue weighted by Crippen LogP contribution is 2.33. The van der Waals surface area contributed by atoms with Crippen LogP contribution in [0.1, 0.15) is 30.5 Å². The number of rotatable bonds is 7. The first-order valence-corrected chi connectivity index (χ1v) is 13.3. The Morgan fingerprint density at radius 2 is 1.71 bits per heavy atom. The van der Waals surface area contributed by atoms with Gasteiger partial charge in [-0.25, -0.2) is 4.79 Å². The van der Waals surface area contributed by atoms with Crippen LogP contribution in [0.25, 0.3) is 11.1 Å². The molecule has 0 bridgehead atoms. The van der Waals surface area contributed by atoms with Crippen molar-refractivity contribution >= 4 is 29.6 Å². The molecule has 4 rings (SSSR count). The van der Waals surface area contributed by atoms with E-state index in [0.717, 1.165) is 32.7 Å². The van der Waals surface area contributed by atoms with Gasteiger partial charge in [0.1, 0.15) is 0 Å². The van der Waals surface area contributed by atoms with Crippen molar-refractivity contribution in [2.24, 2.45) is 5.73 Å². The van der Waals surface area contributed by atoms with Crippen molar-refractivity contribution < 1.29 is 14.4 Å². The van der Waals surface area contributed by atoms with E-state index in [9.17, 15) is 14.4 Å². The van der Waals surface area contributed by atoms with E-state index in [1.165, 1.54) is 11.8 Å². The number of nitrogens with zero attached hydrogens (tertiary/aromatic N) is 1. The number of hydrogen-bond acceptors (Lipinski definition) is 5. The summed E-state index contributed by atoms with van der Waals surface area (Å²) in [4.78, 5) is 40.6. The number of urea groups is 1. The molecule has 0 radical (unpaired) electrons. The van der Waals surface area contributed by atoms with Crippen molar-refractivity contribution in [1.29, 1.82) is 0 Å².